The number of benzene rings is 1. The van der Waals surface area contributed by atoms with Crippen LogP contribution in [0.2, 0.25) is 0 Å². The van der Waals surface area contributed by atoms with Gasteiger partial charge in [0.2, 0.25) is 5.91 Å². The SMILES string of the molecule is CC(C)(C)c1cc(NC(=O)CN2C(=O)COc3cc(Br)ccc32)n(C(C)(C)C)n1. The maximum atomic E-state index is 12.8. The molecule has 0 fully saturated rings. The molecule has 7 nitrogen and oxygen atoms in total. The van der Waals surface area contributed by atoms with Crippen molar-refractivity contribution < 1.29 is 14.3 Å². The van der Waals surface area contributed by atoms with Crippen LogP contribution in [-0.2, 0) is 20.5 Å². The molecule has 1 aromatic carbocycles. The Bertz CT molecular complexity index is 954. The minimum absolute atomic E-state index is 0.0924. The van der Waals surface area contributed by atoms with Gasteiger partial charge in [0, 0.05) is 16.0 Å². The van der Waals surface area contributed by atoms with Crippen LogP contribution < -0.4 is 15.0 Å². The lowest BCUT2D eigenvalue weighted by atomic mass is 9.92. The van der Waals surface area contributed by atoms with Crippen molar-refractivity contribution in [1.29, 1.82) is 0 Å². The molecule has 1 aromatic heterocycles. The predicted octanol–water partition coefficient (Wildman–Crippen LogP) is 4.06. The van der Waals surface area contributed by atoms with Crippen molar-refractivity contribution in [3.8, 4) is 5.75 Å². The average Bonchev–Trinajstić information content (AvgIpc) is 3.02. The Morgan fingerprint density at radius 3 is 2.52 bits per heavy atom. The molecule has 8 heteroatoms. The summed E-state index contributed by atoms with van der Waals surface area (Å²) in [4.78, 5) is 26.7. The number of anilines is 2. The number of amides is 2. The van der Waals surface area contributed by atoms with Crippen LogP contribution >= 0.6 is 15.9 Å². The lowest BCUT2D eigenvalue weighted by molar-refractivity contribution is -0.123. The van der Waals surface area contributed by atoms with E-state index >= 15 is 0 Å². The Kier molecular flexibility index (Phi) is 5.51. The van der Waals surface area contributed by atoms with Gasteiger partial charge in [-0.15, -0.1) is 0 Å². The zero-order valence-electron chi connectivity index (χ0n) is 17.7. The number of carbonyl (C=O) groups excluding carboxylic acids is 2. The summed E-state index contributed by atoms with van der Waals surface area (Å²) in [7, 11) is 0. The van der Waals surface area contributed by atoms with E-state index < -0.39 is 0 Å². The van der Waals surface area contributed by atoms with E-state index in [1.807, 2.05) is 37.6 Å². The number of aromatic nitrogens is 2. The summed E-state index contributed by atoms with van der Waals surface area (Å²) in [6.45, 7) is 12.1. The van der Waals surface area contributed by atoms with E-state index in [0.29, 0.717) is 17.3 Å². The van der Waals surface area contributed by atoms with Gasteiger partial charge < -0.3 is 10.1 Å². The number of fused-ring (bicyclic) bond motifs is 1. The minimum Gasteiger partial charge on any atom is -0.482 e. The first kappa shape index (κ1) is 21.4. The molecule has 2 amide bonds. The van der Waals surface area contributed by atoms with E-state index in [1.54, 1.807) is 12.1 Å². The molecule has 1 aliphatic rings. The Hall–Kier alpha value is -2.35. The lowest BCUT2D eigenvalue weighted by Gasteiger charge is -2.29. The minimum atomic E-state index is -0.306. The van der Waals surface area contributed by atoms with Crippen LogP contribution in [0.4, 0.5) is 11.5 Å². The van der Waals surface area contributed by atoms with Gasteiger partial charge in [-0.25, -0.2) is 4.68 Å². The van der Waals surface area contributed by atoms with E-state index in [9.17, 15) is 9.59 Å². The molecule has 0 atom stereocenters. The molecule has 0 unspecified atom stereocenters. The highest BCUT2D eigenvalue weighted by molar-refractivity contribution is 9.10. The van der Waals surface area contributed by atoms with E-state index in [-0.39, 0.29) is 35.9 Å². The van der Waals surface area contributed by atoms with E-state index in [4.69, 9.17) is 9.84 Å². The fraction of sp³-hybridized carbons (Fsp3) is 0.476. The Balaban J connectivity index is 1.85. The summed E-state index contributed by atoms with van der Waals surface area (Å²) in [5.74, 6) is 0.639. The Morgan fingerprint density at radius 1 is 1.21 bits per heavy atom. The van der Waals surface area contributed by atoms with Gasteiger partial charge in [-0.3, -0.25) is 14.5 Å². The highest BCUT2D eigenvalue weighted by Gasteiger charge is 2.29. The third-order valence-electron chi connectivity index (χ3n) is 4.55. The fourth-order valence-electron chi connectivity index (χ4n) is 3.03. The number of carbonyl (C=O) groups is 2. The molecule has 1 aliphatic heterocycles. The second-order valence-corrected chi connectivity index (χ2v) is 10.1. The topological polar surface area (TPSA) is 76.5 Å². The van der Waals surface area contributed by atoms with Crippen molar-refractivity contribution >= 4 is 39.2 Å². The molecule has 0 radical (unpaired) electrons. The highest BCUT2D eigenvalue weighted by atomic mass is 79.9. The van der Waals surface area contributed by atoms with Gasteiger partial charge in [0.1, 0.15) is 18.1 Å². The molecule has 1 N–H and O–H groups in total. The number of ether oxygens (including phenoxy) is 1. The normalized spacial score (nSPS) is 14.4. The summed E-state index contributed by atoms with van der Waals surface area (Å²) < 4.78 is 8.15. The maximum Gasteiger partial charge on any atom is 0.265 e. The number of nitrogens with one attached hydrogen (secondary N) is 1. The van der Waals surface area contributed by atoms with Gasteiger partial charge in [-0.05, 0) is 39.0 Å². The Morgan fingerprint density at radius 2 is 1.90 bits per heavy atom. The lowest BCUT2D eigenvalue weighted by Crippen LogP contribution is -2.43. The number of hydrogen-bond acceptors (Lipinski definition) is 4. The van der Waals surface area contributed by atoms with Gasteiger partial charge >= 0.3 is 0 Å². The van der Waals surface area contributed by atoms with Crippen LogP contribution in [0, 0.1) is 0 Å². The van der Waals surface area contributed by atoms with Crippen molar-refractivity contribution in [2.45, 2.75) is 52.5 Å². The second kappa shape index (κ2) is 7.48. The van der Waals surface area contributed by atoms with Gasteiger partial charge in [-0.1, -0.05) is 36.7 Å². The van der Waals surface area contributed by atoms with Crippen LogP contribution in [0.15, 0.2) is 28.7 Å². The highest BCUT2D eigenvalue weighted by Crippen LogP contribution is 2.34. The molecular formula is C21H27BrN4O3. The van der Waals surface area contributed by atoms with Crippen molar-refractivity contribution in [2.75, 3.05) is 23.4 Å². The molecule has 3 rings (SSSR count). The molecule has 2 heterocycles. The van der Waals surface area contributed by atoms with Crippen molar-refractivity contribution in [1.82, 2.24) is 9.78 Å². The van der Waals surface area contributed by atoms with Gasteiger partial charge in [0.25, 0.3) is 5.91 Å². The summed E-state index contributed by atoms with van der Waals surface area (Å²) in [6.07, 6.45) is 0. The van der Waals surface area contributed by atoms with E-state index in [2.05, 4.69) is 42.0 Å². The van der Waals surface area contributed by atoms with Crippen LogP contribution in [0.1, 0.15) is 47.2 Å². The number of hydrogen-bond donors (Lipinski definition) is 1. The number of halogens is 1. The maximum absolute atomic E-state index is 12.8. The molecule has 0 saturated heterocycles. The molecule has 0 bridgehead atoms. The molecule has 0 saturated carbocycles. The summed E-state index contributed by atoms with van der Waals surface area (Å²) in [5, 5.41) is 7.65. The fourth-order valence-corrected chi connectivity index (χ4v) is 3.37. The molecule has 156 valence electrons. The monoisotopic (exact) mass is 462 g/mol. The number of nitrogens with zero attached hydrogens (tertiary/aromatic N) is 3. The first-order valence-corrected chi connectivity index (χ1v) is 10.3. The second-order valence-electron chi connectivity index (χ2n) is 9.18. The first-order valence-electron chi connectivity index (χ1n) is 9.50. The largest absolute Gasteiger partial charge is 0.482 e. The summed E-state index contributed by atoms with van der Waals surface area (Å²) >= 11 is 3.39. The van der Waals surface area contributed by atoms with Crippen LogP contribution in [0.5, 0.6) is 5.75 Å². The van der Waals surface area contributed by atoms with Gasteiger partial charge in [-0.2, -0.15) is 5.10 Å². The quantitative estimate of drug-likeness (QED) is 0.745. The van der Waals surface area contributed by atoms with Crippen molar-refractivity contribution in [3.63, 3.8) is 0 Å². The third-order valence-corrected chi connectivity index (χ3v) is 5.04. The van der Waals surface area contributed by atoms with Crippen LogP contribution in [0.25, 0.3) is 0 Å². The standard InChI is InChI=1S/C21H27BrN4O3/c1-20(2,3)16-10-17(26(24-16)21(4,5)6)23-18(27)11-25-14-8-7-13(22)9-15(14)29-12-19(25)28/h7-10H,11-12H2,1-6H3,(H,23,27). The van der Waals surface area contributed by atoms with E-state index in [0.717, 1.165) is 10.2 Å². The van der Waals surface area contributed by atoms with Crippen LogP contribution in [0.3, 0.4) is 0 Å². The first-order chi connectivity index (χ1) is 13.4. The van der Waals surface area contributed by atoms with Crippen molar-refractivity contribution in [2.24, 2.45) is 0 Å². The zero-order valence-corrected chi connectivity index (χ0v) is 19.3. The average molecular weight is 463 g/mol. The predicted molar refractivity (Wildman–Crippen MR) is 117 cm³/mol. The van der Waals surface area contributed by atoms with E-state index in [1.165, 1.54) is 4.90 Å². The molecule has 0 aliphatic carbocycles. The summed E-state index contributed by atoms with van der Waals surface area (Å²) in [5.41, 5.74) is 1.02. The molecular weight excluding hydrogens is 436 g/mol. The smallest absolute Gasteiger partial charge is 0.265 e. The molecule has 29 heavy (non-hydrogen) atoms. The third kappa shape index (κ3) is 4.63. The van der Waals surface area contributed by atoms with Gasteiger partial charge in [0.05, 0.1) is 16.9 Å². The van der Waals surface area contributed by atoms with Crippen molar-refractivity contribution in [3.05, 3.63) is 34.4 Å². The van der Waals surface area contributed by atoms with Gasteiger partial charge in [0.15, 0.2) is 6.61 Å². The zero-order chi connectivity index (χ0) is 21.6. The Labute approximate surface area is 179 Å². The van der Waals surface area contributed by atoms with Crippen LogP contribution in [-0.4, -0.2) is 34.7 Å². The summed E-state index contributed by atoms with van der Waals surface area (Å²) in [6, 6.07) is 7.27. The molecule has 2 aromatic rings. The number of rotatable bonds is 3. The molecule has 0 spiro atoms.